The lowest BCUT2D eigenvalue weighted by atomic mass is 10.2. The first-order chi connectivity index (χ1) is 41.5. The average molecular weight is 1220 g/mol. The Balaban J connectivity index is 0.000000191. The summed E-state index contributed by atoms with van der Waals surface area (Å²) in [6.45, 7) is 10.7. The third kappa shape index (κ3) is 17.2. The van der Waals surface area contributed by atoms with E-state index in [1.54, 1.807) is 33.6 Å². The van der Waals surface area contributed by atoms with Crippen LogP contribution < -0.4 is 24.6 Å². The fraction of sp³-hybridized carbons (Fsp3) is 0.296. The molecule has 24 nitrogen and oxygen atoms in total. The fourth-order valence-electron chi connectivity index (χ4n) is 8.43. The van der Waals surface area contributed by atoms with Gasteiger partial charge >= 0.3 is 31.0 Å². The van der Waals surface area contributed by atoms with E-state index in [0.29, 0.717) is 62.0 Å². The van der Waals surface area contributed by atoms with Crippen molar-refractivity contribution in [2.75, 3.05) is 62.2 Å². The van der Waals surface area contributed by atoms with E-state index in [1.807, 2.05) is 61.5 Å². The number of hydrogen-bond acceptors (Lipinski definition) is 20. The van der Waals surface area contributed by atoms with Crippen molar-refractivity contribution in [2.45, 2.75) is 52.4 Å². The molecule has 0 spiro atoms. The Bertz CT molecular complexity index is 3730. The zero-order valence-corrected chi connectivity index (χ0v) is 45.7. The molecule has 8 heterocycles. The summed E-state index contributed by atoms with van der Waals surface area (Å²) in [5.41, 5.74) is 3.80. The van der Waals surface area contributed by atoms with Crippen molar-refractivity contribution in [1.29, 1.82) is 0 Å². The summed E-state index contributed by atoms with van der Waals surface area (Å²) in [6.07, 6.45) is -11.4. The molecule has 2 aliphatic rings. The molecule has 2 saturated heterocycles. The number of ether oxygens (including phenoxy) is 3. The first kappa shape index (κ1) is 61.4. The Morgan fingerprint density at radius 2 is 1.00 bits per heavy atom. The van der Waals surface area contributed by atoms with E-state index in [9.17, 15) is 44.3 Å². The first-order valence-corrected chi connectivity index (χ1v) is 26.1. The number of nitrogens with zero attached hydrogens (tertiary/aromatic N) is 15. The molecule has 11 rings (SSSR count). The van der Waals surface area contributed by atoms with Crippen molar-refractivity contribution in [3.05, 3.63) is 144 Å². The van der Waals surface area contributed by atoms with Gasteiger partial charge in [-0.15, -0.1) is 36.5 Å². The molecule has 0 aliphatic carbocycles. The number of aromatic nitrogens is 12. The van der Waals surface area contributed by atoms with Gasteiger partial charge in [0.1, 0.15) is 41.4 Å². The van der Waals surface area contributed by atoms with Crippen LogP contribution in [0, 0.1) is 13.8 Å². The van der Waals surface area contributed by atoms with Crippen LogP contribution in [0.25, 0.3) is 46.2 Å². The summed E-state index contributed by atoms with van der Waals surface area (Å²) in [5, 5.41) is 27.3. The quantitative estimate of drug-likeness (QED) is 0.0963. The minimum Gasteiger partial charge on any atom is -0.475 e. The van der Waals surface area contributed by atoms with Crippen LogP contribution in [0.15, 0.2) is 125 Å². The molecule has 9 aromatic rings. The van der Waals surface area contributed by atoms with Gasteiger partial charge < -0.3 is 48.4 Å². The van der Waals surface area contributed by atoms with Crippen LogP contribution in [0.1, 0.15) is 28.3 Å². The number of anilines is 2. The van der Waals surface area contributed by atoms with Crippen molar-refractivity contribution in [3.8, 4) is 57.7 Å². The smallest absolute Gasteiger partial charge is 0.475 e. The molecule has 2 fully saturated rings. The Morgan fingerprint density at radius 3 is 1.43 bits per heavy atom. The van der Waals surface area contributed by atoms with Crippen molar-refractivity contribution < 1.29 is 77.5 Å². The van der Waals surface area contributed by atoms with Gasteiger partial charge in [0.15, 0.2) is 0 Å². The number of alkyl halides is 9. The zero-order chi connectivity index (χ0) is 61.9. The fourth-order valence-corrected chi connectivity index (χ4v) is 8.43. The number of benzene rings is 3. The van der Waals surface area contributed by atoms with Crippen LogP contribution in [-0.4, -0.2) is 153 Å². The van der Waals surface area contributed by atoms with E-state index in [0.717, 1.165) is 54.5 Å². The van der Waals surface area contributed by atoms with Gasteiger partial charge in [0.05, 0.1) is 13.1 Å². The van der Waals surface area contributed by atoms with E-state index < -0.39 is 24.9 Å². The van der Waals surface area contributed by atoms with E-state index >= 15 is 0 Å². The normalized spacial score (nSPS) is 13.7. The minimum absolute atomic E-state index is 0.0676. The highest BCUT2D eigenvalue weighted by atomic mass is 19.4. The van der Waals surface area contributed by atoms with Crippen LogP contribution in [-0.2, 0) is 29.2 Å². The van der Waals surface area contributed by atoms with Crippen molar-refractivity contribution >= 4 is 23.7 Å². The van der Waals surface area contributed by atoms with Gasteiger partial charge in [-0.25, -0.2) is 38.9 Å². The number of piperazine rings is 2. The molecule has 3 aromatic carbocycles. The molecule has 0 saturated carbocycles. The molecular formula is C54H49F9N16O8. The number of carbonyl (C=O) groups is 2. The van der Waals surface area contributed by atoms with E-state index in [2.05, 4.69) is 75.0 Å². The summed E-state index contributed by atoms with van der Waals surface area (Å²) in [7, 11) is 0. The number of carboxylic acids is 1. The van der Waals surface area contributed by atoms with Gasteiger partial charge in [-0.2, -0.15) is 23.1 Å². The van der Waals surface area contributed by atoms with Crippen LogP contribution in [0.5, 0.6) is 11.5 Å². The number of carboxylic acid groups (broad SMARTS) is 1. The summed E-state index contributed by atoms with van der Waals surface area (Å²) in [6, 6.07) is 27.7. The third-order valence-electron chi connectivity index (χ3n) is 12.7. The van der Waals surface area contributed by atoms with Crippen molar-refractivity contribution in [1.82, 2.24) is 70.0 Å². The van der Waals surface area contributed by atoms with Gasteiger partial charge in [-0.05, 0) is 103 Å². The highest BCUT2D eigenvalue weighted by molar-refractivity contribution is 5.73. The number of hydrogen-bond donors (Lipinski definition) is 2. The molecule has 87 heavy (non-hydrogen) atoms. The average Bonchev–Trinajstić information content (AvgIpc) is 2.17. The molecule has 0 radical (unpaired) electrons. The Labute approximate surface area is 486 Å². The highest BCUT2D eigenvalue weighted by Crippen LogP contribution is 2.29. The number of nitrogens with one attached hydrogen (secondary N) is 1. The molecule has 2 N–H and O–H groups in total. The lowest BCUT2D eigenvalue weighted by Gasteiger charge is -2.34. The largest absolute Gasteiger partial charge is 0.573 e. The Morgan fingerprint density at radius 1 is 0.563 bits per heavy atom. The maximum atomic E-state index is 12.5. The van der Waals surface area contributed by atoms with Gasteiger partial charge in [-0.3, -0.25) is 0 Å². The monoisotopic (exact) mass is 1220 g/mol. The molecule has 0 unspecified atom stereocenters. The summed E-state index contributed by atoms with van der Waals surface area (Å²) >= 11 is 0. The summed E-state index contributed by atoms with van der Waals surface area (Å²) in [4.78, 5) is 54.0. The van der Waals surface area contributed by atoms with E-state index in [-0.39, 0.29) is 59.3 Å². The van der Waals surface area contributed by atoms with Gasteiger partial charge in [0.2, 0.25) is 23.3 Å². The maximum Gasteiger partial charge on any atom is 0.573 e. The predicted molar refractivity (Wildman–Crippen MR) is 286 cm³/mol. The second-order valence-electron chi connectivity index (χ2n) is 18.9. The molecule has 0 atom stereocenters. The molecule has 33 heteroatoms. The summed E-state index contributed by atoms with van der Waals surface area (Å²) < 4.78 is 133. The van der Waals surface area contributed by atoms with Crippen molar-refractivity contribution in [2.24, 2.45) is 0 Å². The minimum atomic E-state index is -5.08. The topological polar surface area (TPSA) is 269 Å². The highest BCUT2D eigenvalue weighted by Gasteiger charge is 2.38. The number of aliphatic carboxylic acids is 1. The Hall–Kier alpha value is -10.2. The number of carbonyl (C=O) groups excluding carboxylic acids is 1. The number of halogens is 9. The molecule has 456 valence electrons. The lowest BCUT2D eigenvalue weighted by molar-refractivity contribution is -0.275. The number of rotatable bonds is 14. The first-order valence-electron chi connectivity index (χ1n) is 26.1. The van der Waals surface area contributed by atoms with Gasteiger partial charge in [0.25, 0.3) is 11.8 Å². The third-order valence-corrected chi connectivity index (χ3v) is 12.7. The Kier molecular flexibility index (Phi) is 18.9. The molecule has 1 amide bonds. The molecular weight excluding hydrogens is 1170 g/mol. The second-order valence-corrected chi connectivity index (χ2v) is 18.9. The van der Waals surface area contributed by atoms with Gasteiger partial charge in [0, 0.05) is 75.9 Å². The zero-order valence-electron chi connectivity index (χ0n) is 45.7. The molecule has 2 aliphatic heterocycles. The van der Waals surface area contributed by atoms with E-state index in [1.165, 1.54) is 48.5 Å². The standard InChI is InChI=1S/C30H27F3N8O4.C22H21F3N8O2.C2HF3O2/c1-20-35-27(28-36-26(38-45-28)23-7-9-24(10-8-23)44-30(31,32)33)37-41(20)18-22-11-12-34-25(17-22)39-13-15-40(16-14-39)29(42)43-19-21-5-3-2-4-6-21;1-14-28-20(21-29-19(31-35-21)16-2-4-17(5-3-16)34-22(23,24)25)30-33(14)13-15-6-7-27-18(12-15)32-10-8-26-9-11-32;3-2(4,5)1(6)7/h2-12,17H,13-16,18-19H2,1H3;2-7,12,26H,8-11,13H2,1H3;(H,6,7). The maximum absolute atomic E-state index is 12.5. The SMILES string of the molecule is Cc1nc(-c2nc(-c3ccc(OC(F)(F)F)cc3)no2)nn1Cc1ccnc(N2CCN(C(=O)OCc3ccccc3)CC2)c1.Cc1nc(-c2nc(-c3ccc(OC(F)(F)F)cc3)no2)nn1Cc1ccnc(N2CCNCC2)c1.O=C(O)C(F)(F)F. The predicted octanol–water partition coefficient (Wildman–Crippen LogP) is 8.79. The molecule has 0 bridgehead atoms. The van der Waals surface area contributed by atoms with Crippen LogP contribution in [0.3, 0.4) is 0 Å². The number of pyridine rings is 2. The molecule has 6 aromatic heterocycles. The second kappa shape index (κ2) is 26.8. The van der Waals surface area contributed by atoms with Crippen LogP contribution >= 0.6 is 0 Å². The van der Waals surface area contributed by atoms with E-state index in [4.69, 9.17) is 23.7 Å². The van der Waals surface area contributed by atoms with Crippen molar-refractivity contribution in [3.63, 3.8) is 0 Å². The van der Waals surface area contributed by atoms with Crippen LogP contribution in [0.4, 0.5) is 55.9 Å². The number of amides is 1. The van der Waals surface area contributed by atoms with Crippen LogP contribution in [0.2, 0.25) is 0 Å². The van der Waals surface area contributed by atoms with Gasteiger partial charge in [-0.1, -0.05) is 40.6 Å². The number of aryl methyl sites for hydroxylation is 2. The summed E-state index contributed by atoms with van der Waals surface area (Å²) in [5.74, 6) is 0.550. The lowest BCUT2D eigenvalue weighted by Crippen LogP contribution is -2.49.